The van der Waals surface area contributed by atoms with Crippen molar-refractivity contribution in [2.24, 2.45) is 5.92 Å². The average Bonchev–Trinajstić information content (AvgIpc) is 3.31. The lowest BCUT2D eigenvalue weighted by molar-refractivity contribution is 0.257. The van der Waals surface area contributed by atoms with Crippen LogP contribution < -0.4 is 0 Å². The monoisotopic (exact) mass is 331 g/mol. The summed E-state index contributed by atoms with van der Waals surface area (Å²) in [6.45, 7) is 0.452. The van der Waals surface area contributed by atoms with Crippen LogP contribution in [0.3, 0.4) is 0 Å². The van der Waals surface area contributed by atoms with Crippen molar-refractivity contribution < 1.29 is 13.5 Å². The molecule has 23 heavy (non-hydrogen) atoms. The van der Waals surface area contributed by atoms with Crippen LogP contribution in [0.2, 0.25) is 0 Å². The van der Waals surface area contributed by atoms with Gasteiger partial charge in [0.25, 0.3) is 0 Å². The molecule has 2 aromatic rings. The fourth-order valence-electron chi connectivity index (χ4n) is 3.28. The largest absolute Gasteiger partial charge is 0.396 e. The number of sulfonamides is 1. The van der Waals surface area contributed by atoms with Gasteiger partial charge >= 0.3 is 0 Å². The molecule has 122 valence electrons. The number of rotatable bonds is 6. The molecule has 4 nitrogen and oxygen atoms in total. The second-order valence-electron chi connectivity index (χ2n) is 6.18. The molecule has 0 aromatic heterocycles. The Balaban J connectivity index is 1.88. The van der Waals surface area contributed by atoms with Gasteiger partial charge in [-0.3, -0.25) is 0 Å². The summed E-state index contributed by atoms with van der Waals surface area (Å²) in [6.07, 6.45) is 0.808. The highest BCUT2D eigenvalue weighted by Gasteiger charge is 2.56. The highest BCUT2D eigenvalue weighted by molar-refractivity contribution is 7.89. The zero-order valence-corrected chi connectivity index (χ0v) is 13.9. The third kappa shape index (κ3) is 2.92. The number of benzene rings is 2. The van der Waals surface area contributed by atoms with Crippen molar-refractivity contribution in [3.63, 3.8) is 0 Å². The number of hydrogen-bond acceptors (Lipinski definition) is 3. The first-order valence-corrected chi connectivity index (χ1v) is 9.12. The lowest BCUT2D eigenvalue weighted by Crippen LogP contribution is -2.35. The Hall–Kier alpha value is -1.69. The topological polar surface area (TPSA) is 57.6 Å². The van der Waals surface area contributed by atoms with Crippen molar-refractivity contribution in [2.45, 2.75) is 16.7 Å². The number of hydrogen-bond donors (Lipinski definition) is 1. The zero-order chi connectivity index (χ0) is 16.5. The van der Waals surface area contributed by atoms with E-state index in [-0.39, 0.29) is 17.9 Å². The van der Waals surface area contributed by atoms with Crippen LogP contribution in [-0.2, 0) is 15.4 Å². The average molecular weight is 331 g/mol. The van der Waals surface area contributed by atoms with Gasteiger partial charge in [0.1, 0.15) is 0 Å². The quantitative estimate of drug-likeness (QED) is 0.883. The lowest BCUT2D eigenvalue weighted by Gasteiger charge is -2.25. The van der Waals surface area contributed by atoms with E-state index in [1.165, 1.54) is 4.31 Å². The first-order chi connectivity index (χ1) is 11.0. The highest BCUT2D eigenvalue weighted by atomic mass is 32.2. The molecule has 0 aliphatic heterocycles. The fraction of sp³-hybridized carbons (Fsp3) is 0.333. The van der Waals surface area contributed by atoms with E-state index in [0.29, 0.717) is 11.4 Å². The fourth-order valence-corrected chi connectivity index (χ4v) is 4.54. The van der Waals surface area contributed by atoms with E-state index in [1.807, 2.05) is 30.3 Å². The Morgan fingerprint density at radius 2 is 1.65 bits per heavy atom. The van der Waals surface area contributed by atoms with Crippen molar-refractivity contribution in [3.8, 4) is 0 Å². The molecule has 1 fully saturated rings. The SMILES string of the molecule is CN(C[C@@]1(c2ccccc2)C[C@H]1CO)S(=O)(=O)c1ccccc1. The molecule has 1 saturated carbocycles. The Bertz CT molecular complexity index is 761. The molecule has 1 aliphatic rings. The van der Waals surface area contributed by atoms with Crippen LogP contribution in [0.25, 0.3) is 0 Å². The van der Waals surface area contributed by atoms with Crippen LogP contribution in [0.5, 0.6) is 0 Å². The van der Waals surface area contributed by atoms with Gasteiger partial charge in [0, 0.05) is 25.6 Å². The van der Waals surface area contributed by atoms with Gasteiger partial charge in [0.15, 0.2) is 0 Å². The molecule has 0 unspecified atom stereocenters. The van der Waals surface area contributed by atoms with E-state index in [0.717, 1.165) is 12.0 Å². The van der Waals surface area contributed by atoms with Crippen molar-refractivity contribution >= 4 is 10.0 Å². The predicted molar refractivity (Wildman–Crippen MR) is 89.6 cm³/mol. The molecule has 3 rings (SSSR count). The van der Waals surface area contributed by atoms with Crippen LogP contribution in [0, 0.1) is 5.92 Å². The molecule has 2 atom stereocenters. The summed E-state index contributed by atoms with van der Waals surface area (Å²) in [5.74, 6) is 0.110. The molecule has 0 amide bonds. The van der Waals surface area contributed by atoms with Gasteiger partial charge in [-0.2, -0.15) is 0 Å². The molecule has 1 N–H and O–H groups in total. The van der Waals surface area contributed by atoms with Crippen molar-refractivity contribution in [2.75, 3.05) is 20.2 Å². The summed E-state index contributed by atoms with van der Waals surface area (Å²) in [7, 11) is -1.91. The van der Waals surface area contributed by atoms with Gasteiger partial charge in [-0.05, 0) is 30.0 Å². The first kappa shape index (κ1) is 16.2. The van der Waals surface area contributed by atoms with Crippen LogP contribution in [0.15, 0.2) is 65.6 Å². The number of nitrogens with zero attached hydrogens (tertiary/aromatic N) is 1. The minimum Gasteiger partial charge on any atom is -0.396 e. The standard InChI is InChI=1S/C18H21NO3S/c1-19(23(21,22)17-10-6-3-7-11-17)14-18(12-16(18)13-20)15-8-4-2-5-9-15/h2-11,16,20H,12-14H2,1H3/t16-,18+/m0/s1. The van der Waals surface area contributed by atoms with Gasteiger partial charge < -0.3 is 5.11 Å². The summed E-state index contributed by atoms with van der Waals surface area (Å²) in [5.41, 5.74) is 0.807. The normalized spacial score (nSPS) is 23.9. The summed E-state index contributed by atoms with van der Waals surface area (Å²) >= 11 is 0. The number of aliphatic hydroxyl groups excluding tert-OH is 1. The zero-order valence-electron chi connectivity index (χ0n) is 13.1. The van der Waals surface area contributed by atoms with Crippen LogP contribution >= 0.6 is 0 Å². The summed E-state index contributed by atoms with van der Waals surface area (Å²) in [5, 5.41) is 9.57. The number of likely N-dealkylation sites (N-methyl/N-ethyl adjacent to an activating group) is 1. The van der Waals surface area contributed by atoms with E-state index >= 15 is 0 Å². The van der Waals surface area contributed by atoms with Gasteiger partial charge in [-0.25, -0.2) is 12.7 Å². The molecule has 0 bridgehead atoms. The highest BCUT2D eigenvalue weighted by Crippen LogP contribution is 2.54. The maximum atomic E-state index is 12.7. The van der Waals surface area contributed by atoms with Crippen LogP contribution in [0.4, 0.5) is 0 Å². The van der Waals surface area contributed by atoms with Crippen molar-refractivity contribution in [1.29, 1.82) is 0 Å². The summed E-state index contributed by atoms with van der Waals surface area (Å²) in [4.78, 5) is 0.298. The third-order valence-corrected chi connectivity index (χ3v) is 6.57. The molecular formula is C18H21NO3S. The molecular weight excluding hydrogens is 310 g/mol. The van der Waals surface area contributed by atoms with Gasteiger partial charge in [0.05, 0.1) is 4.90 Å². The smallest absolute Gasteiger partial charge is 0.242 e. The van der Waals surface area contributed by atoms with Gasteiger partial charge in [-0.1, -0.05) is 48.5 Å². The minimum absolute atomic E-state index is 0.0775. The first-order valence-electron chi connectivity index (χ1n) is 7.68. The summed E-state index contributed by atoms with van der Waals surface area (Å²) < 4.78 is 26.9. The second-order valence-corrected chi connectivity index (χ2v) is 8.22. The van der Waals surface area contributed by atoms with Crippen LogP contribution in [0.1, 0.15) is 12.0 Å². The van der Waals surface area contributed by atoms with E-state index in [4.69, 9.17) is 0 Å². The third-order valence-electron chi connectivity index (χ3n) is 4.76. The molecule has 0 saturated heterocycles. The lowest BCUT2D eigenvalue weighted by atomic mass is 9.93. The molecule has 0 radical (unpaired) electrons. The maximum absolute atomic E-state index is 12.7. The Labute approximate surface area is 137 Å². The van der Waals surface area contributed by atoms with Crippen molar-refractivity contribution in [3.05, 3.63) is 66.2 Å². The Morgan fingerprint density at radius 3 is 2.17 bits per heavy atom. The molecule has 1 aliphatic carbocycles. The minimum atomic E-state index is -3.52. The number of aliphatic hydroxyl groups is 1. The van der Waals surface area contributed by atoms with Gasteiger partial charge in [0.2, 0.25) is 10.0 Å². The van der Waals surface area contributed by atoms with E-state index in [2.05, 4.69) is 0 Å². The van der Waals surface area contributed by atoms with E-state index < -0.39 is 10.0 Å². The maximum Gasteiger partial charge on any atom is 0.242 e. The second kappa shape index (κ2) is 6.07. The summed E-state index contributed by atoms with van der Waals surface area (Å²) in [6, 6.07) is 18.3. The molecule has 2 aromatic carbocycles. The van der Waals surface area contributed by atoms with Crippen molar-refractivity contribution in [1.82, 2.24) is 4.31 Å². The van der Waals surface area contributed by atoms with Crippen LogP contribution in [-0.4, -0.2) is 38.0 Å². The molecule has 0 heterocycles. The Morgan fingerprint density at radius 1 is 1.09 bits per heavy atom. The predicted octanol–water partition coefficient (Wildman–Crippen LogP) is 2.26. The molecule has 5 heteroatoms. The Kier molecular flexibility index (Phi) is 4.27. The van der Waals surface area contributed by atoms with E-state index in [9.17, 15) is 13.5 Å². The van der Waals surface area contributed by atoms with Gasteiger partial charge in [-0.15, -0.1) is 0 Å². The van der Waals surface area contributed by atoms with E-state index in [1.54, 1.807) is 37.4 Å². The molecule has 0 spiro atoms.